The van der Waals surface area contributed by atoms with E-state index in [-0.39, 0.29) is 24.2 Å². The molecule has 0 radical (unpaired) electrons. The topological polar surface area (TPSA) is 50.4 Å². The maximum atomic E-state index is 11.4. The van der Waals surface area contributed by atoms with Gasteiger partial charge in [0, 0.05) is 32.8 Å². The molecule has 1 amide bonds. The van der Waals surface area contributed by atoms with Crippen LogP contribution < -0.4 is 10.6 Å². The number of hydrogen-bond donors (Lipinski definition) is 2. The van der Waals surface area contributed by atoms with E-state index in [4.69, 9.17) is 4.74 Å². The van der Waals surface area contributed by atoms with E-state index < -0.39 is 0 Å². The van der Waals surface area contributed by atoms with Crippen LogP contribution in [0.2, 0.25) is 0 Å². The molecule has 1 aliphatic carbocycles. The molecule has 5 heteroatoms. The van der Waals surface area contributed by atoms with E-state index >= 15 is 0 Å². The summed E-state index contributed by atoms with van der Waals surface area (Å²) < 4.78 is 5.48. The van der Waals surface area contributed by atoms with Gasteiger partial charge in [-0.25, -0.2) is 0 Å². The van der Waals surface area contributed by atoms with E-state index in [9.17, 15) is 4.79 Å². The molecule has 0 aromatic carbocycles. The van der Waals surface area contributed by atoms with E-state index in [1.165, 1.54) is 12.8 Å². The molecule has 1 saturated heterocycles. The molecule has 1 aliphatic heterocycles. The standard InChI is InChI=1S/C11H20N2O2.ClH/c14-11(10-6-12-7-10)13-4-1-5-15-8-9-2-3-9;/h9-10,12H,1-8H2,(H,13,14);1H. The van der Waals surface area contributed by atoms with Gasteiger partial charge >= 0.3 is 0 Å². The average Bonchev–Trinajstić information content (AvgIpc) is 2.91. The monoisotopic (exact) mass is 248 g/mol. The van der Waals surface area contributed by atoms with Gasteiger partial charge in [-0.3, -0.25) is 4.79 Å². The summed E-state index contributed by atoms with van der Waals surface area (Å²) in [5.41, 5.74) is 0. The average molecular weight is 249 g/mol. The lowest BCUT2D eigenvalue weighted by molar-refractivity contribution is -0.126. The fourth-order valence-corrected chi connectivity index (χ4v) is 1.54. The first kappa shape index (κ1) is 13.7. The van der Waals surface area contributed by atoms with Gasteiger partial charge in [0.2, 0.25) is 5.91 Å². The highest BCUT2D eigenvalue weighted by molar-refractivity contribution is 5.85. The first-order chi connectivity index (χ1) is 7.36. The summed E-state index contributed by atoms with van der Waals surface area (Å²) in [6, 6.07) is 0. The minimum absolute atomic E-state index is 0. The summed E-state index contributed by atoms with van der Waals surface area (Å²) in [4.78, 5) is 11.4. The van der Waals surface area contributed by atoms with Crippen molar-refractivity contribution in [3.63, 3.8) is 0 Å². The molecule has 0 spiro atoms. The number of amides is 1. The second kappa shape index (κ2) is 7.09. The van der Waals surface area contributed by atoms with Gasteiger partial charge < -0.3 is 15.4 Å². The number of rotatable bonds is 7. The van der Waals surface area contributed by atoms with Crippen molar-refractivity contribution in [3.8, 4) is 0 Å². The van der Waals surface area contributed by atoms with E-state index in [0.29, 0.717) is 0 Å². The maximum absolute atomic E-state index is 11.4. The van der Waals surface area contributed by atoms with Crippen molar-refractivity contribution in [2.45, 2.75) is 19.3 Å². The quantitative estimate of drug-likeness (QED) is 0.648. The lowest BCUT2D eigenvalue weighted by atomic mass is 10.0. The van der Waals surface area contributed by atoms with Crippen molar-refractivity contribution in [2.24, 2.45) is 11.8 Å². The SMILES string of the molecule is Cl.O=C(NCCCOCC1CC1)C1CNC1. The smallest absolute Gasteiger partial charge is 0.225 e. The van der Waals surface area contributed by atoms with Crippen LogP contribution in [0.5, 0.6) is 0 Å². The molecule has 0 atom stereocenters. The van der Waals surface area contributed by atoms with Gasteiger partial charge in [-0.15, -0.1) is 12.4 Å². The third kappa shape index (κ3) is 4.68. The molecule has 0 aromatic heterocycles. The number of ether oxygens (including phenoxy) is 1. The minimum Gasteiger partial charge on any atom is -0.381 e. The zero-order valence-electron chi connectivity index (χ0n) is 9.54. The molecular formula is C11H21ClN2O2. The number of carbonyl (C=O) groups is 1. The van der Waals surface area contributed by atoms with Gasteiger partial charge in [0.25, 0.3) is 0 Å². The normalized spacial score (nSPS) is 19.8. The van der Waals surface area contributed by atoms with Crippen LogP contribution in [-0.2, 0) is 9.53 Å². The van der Waals surface area contributed by atoms with Crippen LogP contribution in [0.25, 0.3) is 0 Å². The minimum atomic E-state index is 0. The van der Waals surface area contributed by atoms with Crippen LogP contribution in [-0.4, -0.2) is 38.8 Å². The molecule has 0 unspecified atom stereocenters. The van der Waals surface area contributed by atoms with Crippen molar-refractivity contribution in [2.75, 3.05) is 32.8 Å². The van der Waals surface area contributed by atoms with Gasteiger partial charge in [-0.1, -0.05) is 0 Å². The molecule has 2 rings (SSSR count). The third-order valence-corrected chi connectivity index (χ3v) is 2.97. The van der Waals surface area contributed by atoms with Gasteiger partial charge in [0.05, 0.1) is 5.92 Å². The molecule has 0 aromatic rings. The van der Waals surface area contributed by atoms with E-state index in [1.807, 2.05) is 0 Å². The van der Waals surface area contributed by atoms with Crippen molar-refractivity contribution in [1.82, 2.24) is 10.6 Å². The fourth-order valence-electron chi connectivity index (χ4n) is 1.54. The van der Waals surface area contributed by atoms with Gasteiger partial charge in [0.15, 0.2) is 0 Å². The van der Waals surface area contributed by atoms with E-state index in [0.717, 1.165) is 45.2 Å². The van der Waals surface area contributed by atoms with Crippen molar-refractivity contribution in [1.29, 1.82) is 0 Å². The summed E-state index contributed by atoms with van der Waals surface area (Å²) in [5, 5.41) is 6.02. The Balaban J connectivity index is 0.00000128. The third-order valence-electron chi connectivity index (χ3n) is 2.97. The van der Waals surface area contributed by atoms with Crippen LogP contribution in [0.3, 0.4) is 0 Å². The fraction of sp³-hybridized carbons (Fsp3) is 0.909. The first-order valence-electron chi connectivity index (χ1n) is 5.92. The summed E-state index contributed by atoms with van der Waals surface area (Å²) in [5.74, 6) is 1.23. The van der Waals surface area contributed by atoms with Gasteiger partial charge in [-0.05, 0) is 25.2 Å². The van der Waals surface area contributed by atoms with E-state index in [2.05, 4.69) is 10.6 Å². The summed E-state index contributed by atoms with van der Waals surface area (Å²) in [6.45, 7) is 4.12. The summed E-state index contributed by atoms with van der Waals surface area (Å²) >= 11 is 0. The second-order valence-corrected chi connectivity index (χ2v) is 4.52. The Morgan fingerprint density at radius 2 is 2.12 bits per heavy atom. The molecule has 1 heterocycles. The molecule has 4 nitrogen and oxygen atoms in total. The lowest BCUT2D eigenvalue weighted by Gasteiger charge is -2.25. The number of hydrogen-bond acceptors (Lipinski definition) is 3. The highest BCUT2D eigenvalue weighted by Crippen LogP contribution is 2.28. The van der Waals surface area contributed by atoms with Gasteiger partial charge in [-0.2, -0.15) is 0 Å². The molecule has 2 fully saturated rings. The Morgan fingerprint density at radius 1 is 1.38 bits per heavy atom. The zero-order chi connectivity index (χ0) is 10.5. The van der Waals surface area contributed by atoms with Crippen molar-refractivity contribution >= 4 is 18.3 Å². The Labute approximate surface area is 103 Å². The van der Waals surface area contributed by atoms with Gasteiger partial charge in [0.1, 0.15) is 0 Å². The first-order valence-corrected chi connectivity index (χ1v) is 5.92. The largest absolute Gasteiger partial charge is 0.381 e. The Hall–Kier alpha value is -0.320. The van der Waals surface area contributed by atoms with Crippen LogP contribution in [0, 0.1) is 11.8 Å². The highest BCUT2D eigenvalue weighted by Gasteiger charge is 2.24. The van der Waals surface area contributed by atoms with Crippen LogP contribution in [0.1, 0.15) is 19.3 Å². The second-order valence-electron chi connectivity index (χ2n) is 4.52. The molecule has 16 heavy (non-hydrogen) atoms. The van der Waals surface area contributed by atoms with Crippen LogP contribution in [0.4, 0.5) is 0 Å². The summed E-state index contributed by atoms with van der Waals surface area (Å²) in [6.07, 6.45) is 3.61. The molecule has 94 valence electrons. The van der Waals surface area contributed by atoms with Crippen molar-refractivity contribution < 1.29 is 9.53 Å². The predicted molar refractivity (Wildman–Crippen MR) is 64.8 cm³/mol. The van der Waals surface area contributed by atoms with Crippen molar-refractivity contribution in [3.05, 3.63) is 0 Å². The number of halogens is 1. The number of carbonyl (C=O) groups excluding carboxylic acids is 1. The molecule has 1 saturated carbocycles. The highest BCUT2D eigenvalue weighted by atomic mass is 35.5. The van der Waals surface area contributed by atoms with E-state index in [1.54, 1.807) is 0 Å². The molecule has 2 N–H and O–H groups in total. The Bertz CT molecular complexity index is 218. The molecule has 2 aliphatic rings. The zero-order valence-corrected chi connectivity index (χ0v) is 10.4. The summed E-state index contributed by atoms with van der Waals surface area (Å²) in [7, 11) is 0. The lowest BCUT2D eigenvalue weighted by Crippen LogP contribution is -2.50. The Kier molecular flexibility index (Phi) is 6.09. The van der Waals surface area contributed by atoms with Crippen LogP contribution >= 0.6 is 12.4 Å². The maximum Gasteiger partial charge on any atom is 0.225 e. The predicted octanol–water partition coefficient (Wildman–Crippen LogP) is 0.560. The molecule has 0 bridgehead atoms. The number of nitrogens with one attached hydrogen (secondary N) is 2. The van der Waals surface area contributed by atoms with Crippen LogP contribution in [0.15, 0.2) is 0 Å². The Morgan fingerprint density at radius 3 is 2.69 bits per heavy atom. The molecular weight excluding hydrogens is 228 g/mol.